The molecule has 0 radical (unpaired) electrons. The Kier molecular flexibility index (Phi) is 4.52. The molecule has 4 nitrogen and oxygen atoms in total. The molecule has 2 aromatic rings. The number of anilines is 1. The molecule has 0 heterocycles. The van der Waals surface area contributed by atoms with Crippen molar-refractivity contribution in [1.82, 2.24) is 5.32 Å². The average Bonchev–Trinajstić information content (AvgIpc) is 2.39. The Hall–Kier alpha value is -1.88. The van der Waals surface area contributed by atoms with Gasteiger partial charge in [0.15, 0.2) is 0 Å². The summed E-state index contributed by atoms with van der Waals surface area (Å²) in [6.07, 6.45) is 1.62. The first-order chi connectivity index (χ1) is 9.16. The number of benzene rings is 2. The predicted molar refractivity (Wildman–Crippen MR) is 79.9 cm³/mol. The highest BCUT2D eigenvalue weighted by atomic mass is 32.2. The quantitative estimate of drug-likeness (QED) is 0.900. The summed E-state index contributed by atoms with van der Waals surface area (Å²) in [4.78, 5) is 11.7. The maximum atomic E-state index is 11.7. The van der Waals surface area contributed by atoms with Crippen LogP contribution in [0.5, 0.6) is 0 Å². The number of amides is 2. The van der Waals surface area contributed by atoms with E-state index in [-0.39, 0.29) is 6.03 Å². The summed E-state index contributed by atoms with van der Waals surface area (Å²) in [6.45, 7) is 0.402. The molecule has 0 fully saturated rings. The molecule has 0 spiro atoms. The smallest absolute Gasteiger partial charge is 0.319 e. The van der Waals surface area contributed by atoms with Crippen LogP contribution in [0.25, 0.3) is 10.8 Å². The average molecular weight is 276 g/mol. The summed E-state index contributed by atoms with van der Waals surface area (Å²) in [5.41, 5.74) is 0.772. The lowest BCUT2D eigenvalue weighted by Gasteiger charge is -2.09. The van der Waals surface area contributed by atoms with Crippen LogP contribution in [-0.2, 0) is 10.8 Å². The third-order valence-electron chi connectivity index (χ3n) is 2.71. The summed E-state index contributed by atoms with van der Waals surface area (Å²) in [7, 11) is -0.893. The van der Waals surface area contributed by atoms with Crippen molar-refractivity contribution >= 4 is 33.3 Å². The minimum absolute atomic E-state index is 0.276. The summed E-state index contributed by atoms with van der Waals surface area (Å²) in [5, 5.41) is 7.57. The van der Waals surface area contributed by atoms with E-state index in [1.165, 1.54) is 0 Å². The van der Waals surface area contributed by atoms with E-state index in [0.29, 0.717) is 12.3 Å². The van der Waals surface area contributed by atoms with E-state index in [1.807, 2.05) is 42.5 Å². The monoisotopic (exact) mass is 276 g/mol. The van der Waals surface area contributed by atoms with E-state index in [1.54, 1.807) is 6.26 Å². The van der Waals surface area contributed by atoms with Gasteiger partial charge in [-0.15, -0.1) is 0 Å². The van der Waals surface area contributed by atoms with Gasteiger partial charge >= 0.3 is 6.03 Å². The van der Waals surface area contributed by atoms with E-state index in [9.17, 15) is 9.00 Å². The fraction of sp³-hybridized carbons (Fsp3) is 0.214. The summed E-state index contributed by atoms with van der Waals surface area (Å²) < 4.78 is 10.9. The number of fused-ring (bicyclic) bond motifs is 1. The Labute approximate surface area is 114 Å². The van der Waals surface area contributed by atoms with Gasteiger partial charge in [0.05, 0.1) is 5.69 Å². The second-order valence-electron chi connectivity index (χ2n) is 4.18. The molecule has 0 bridgehead atoms. The van der Waals surface area contributed by atoms with Crippen molar-refractivity contribution in [3.8, 4) is 0 Å². The van der Waals surface area contributed by atoms with Gasteiger partial charge in [0.25, 0.3) is 0 Å². The molecule has 0 aliphatic rings. The SMILES string of the molecule is C[S@@](=O)CCNC(=O)Nc1cccc2ccccc12. The number of carbonyl (C=O) groups excluding carboxylic acids is 1. The van der Waals surface area contributed by atoms with Gasteiger partial charge in [0.2, 0.25) is 0 Å². The number of rotatable bonds is 4. The highest BCUT2D eigenvalue weighted by Gasteiger charge is 2.04. The molecule has 2 amide bonds. The molecule has 0 unspecified atom stereocenters. The van der Waals surface area contributed by atoms with E-state index in [0.717, 1.165) is 16.5 Å². The fourth-order valence-corrected chi connectivity index (χ4v) is 2.20. The minimum atomic E-state index is -0.893. The number of hydrogen-bond donors (Lipinski definition) is 2. The Morgan fingerprint density at radius 1 is 1.16 bits per heavy atom. The molecule has 0 aliphatic heterocycles. The van der Waals surface area contributed by atoms with E-state index in [2.05, 4.69) is 10.6 Å². The zero-order valence-electron chi connectivity index (χ0n) is 10.7. The van der Waals surface area contributed by atoms with Gasteiger partial charge in [-0.05, 0) is 11.5 Å². The summed E-state index contributed by atoms with van der Waals surface area (Å²) >= 11 is 0. The lowest BCUT2D eigenvalue weighted by atomic mass is 10.1. The fourth-order valence-electron chi connectivity index (χ4n) is 1.81. The van der Waals surface area contributed by atoms with Crippen molar-refractivity contribution in [1.29, 1.82) is 0 Å². The van der Waals surface area contributed by atoms with Crippen molar-refractivity contribution in [2.24, 2.45) is 0 Å². The standard InChI is InChI=1S/C14H16N2O2S/c1-19(18)10-9-15-14(17)16-13-8-4-6-11-5-2-3-7-12(11)13/h2-8H,9-10H2,1H3,(H2,15,16,17)/t19-/m1/s1. The molecule has 0 aromatic heterocycles. The maximum absolute atomic E-state index is 11.7. The lowest BCUT2D eigenvalue weighted by Crippen LogP contribution is -2.31. The van der Waals surface area contributed by atoms with Crippen molar-refractivity contribution in [3.63, 3.8) is 0 Å². The Balaban J connectivity index is 2.05. The third kappa shape index (κ3) is 3.79. The van der Waals surface area contributed by atoms with Gasteiger partial charge in [0, 0.05) is 34.7 Å². The van der Waals surface area contributed by atoms with Crippen LogP contribution in [0, 0.1) is 0 Å². The third-order valence-corrected chi connectivity index (χ3v) is 3.49. The highest BCUT2D eigenvalue weighted by molar-refractivity contribution is 7.84. The van der Waals surface area contributed by atoms with Gasteiger partial charge in [-0.1, -0.05) is 36.4 Å². The first kappa shape index (κ1) is 13.5. The second-order valence-corrected chi connectivity index (χ2v) is 5.74. The number of carbonyl (C=O) groups is 1. The maximum Gasteiger partial charge on any atom is 0.319 e. The van der Waals surface area contributed by atoms with Crippen molar-refractivity contribution < 1.29 is 9.00 Å². The van der Waals surface area contributed by atoms with Gasteiger partial charge in [0.1, 0.15) is 0 Å². The van der Waals surface area contributed by atoms with Gasteiger partial charge in [-0.2, -0.15) is 0 Å². The molecule has 2 rings (SSSR count). The molecular formula is C14H16N2O2S. The van der Waals surface area contributed by atoms with E-state index >= 15 is 0 Å². The zero-order valence-corrected chi connectivity index (χ0v) is 11.5. The highest BCUT2D eigenvalue weighted by Crippen LogP contribution is 2.22. The van der Waals surface area contributed by atoms with Crippen LogP contribution in [0.2, 0.25) is 0 Å². The second kappa shape index (κ2) is 6.33. The summed E-state index contributed by atoms with van der Waals surface area (Å²) in [6, 6.07) is 13.3. The molecule has 2 N–H and O–H groups in total. The van der Waals surface area contributed by atoms with Crippen LogP contribution in [0.1, 0.15) is 0 Å². The first-order valence-electron chi connectivity index (χ1n) is 5.99. The lowest BCUT2D eigenvalue weighted by molar-refractivity contribution is 0.252. The normalized spacial score (nSPS) is 12.1. The van der Waals surface area contributed by atoms with Crippen LogP contribution in [0.3, 0.4) is 0 Å². The molecule has 0 aliphatic carbocycles. The molecule has 19 heavy (non-hydrogen) atoms. The van der Waals surface area contributed by atoms with Gasteiger partial charge in [-0.3, -0.25) is 4.21 Å². The largest absolute Gasteiger partial charge is 0.337 e. The first-order valence-corrected chi connectivity index (χ1v) is 7.72. The zero-order chi connectivity index (χ0) is 13.7. The molecule has 5 heteroatoms. The summed E-state index contributed by atoms with van der Waals surface area (Å²) in [5.74, 6) is 0.461. The van der Waals surface area contributed by atoms with Crippen LogP contribution in [-0.4, -0.2) is 28.8 Å². The van der Waals surface area contributed by atoms with Crippen LogP contribution >= 0.6 is 0 Å². The van der Waals surface area contributed by atoms with E-state index in [4.69, 9.17) is 0 Å². The van der Waals surface area contributed by atoms with Crippen LogP contribution < -0.4 is 10.6 Å². The molecule has 0 saturated carbocycles. The molecule has 2 aromatic carbocycles. The molecule has 100 valence electrons. The number of nitrogens with one attached hydrogen (secondary N) is 2. The van der Waals surface area contributed by atoms with Crippen LogP contribution in [0.15, 0.2) is 42.5 Å². The van der Waals surface area contributed by atoms with Crippen molar-refractivity contribution in [2.75, 3.05) is 23.9 Å². The molecule has 1 atom stereocenters. The van der Waals surface area contributed by atoms with Crippen LogP contribution in [0.4, 0.5) is 10.5 Å². The Morgan fingerprint density at radius 2 is 1.89 bits per heavy atom. The van der Waals surface area contributed by atoms with E-state index < -0.39 is 10.8 Å². The topological polar surface area (TPSA) is 58.2 Å². The molecule has 0 saturated heterocycles. The van der Waals surface area contributed by atoms with Crippen molar-refractivity contribution in [2.45, 2.75) is 0 Å². The van der Waals surface area contributed by atoms with Gasteiger partial charge < -0.3 is 10.6 Å². The number of hydrogen-bond acceptors (Lipinski definition) is 2. The Bertz CT molecular complexity index is 608. The van der Waals surface area contributed by atoms with Gasteiger partial charge in [-0.25, -0.2) is 4.79 Å². The Morgan fingerprint density at radius 3 is 2.68 bits per heavy atom. The number of urea groups is 1. The molecular weight excluding hydrogens is 260 g/mol. The van der Waals surface area contributed by atoms with Crippen molar-refractivity contribution in [3.05, 3.63) is 42.5 Å². The predicted octanol–water partition coefficient (Wildman–Crippen LogP) is 2.34. The minimum Gasteiger partial charge on any atom is -0.337 e.